The van der Waals surface area contributed by atoms with Gasteiger partial charge in [-0.15, -0.1) is 0 Å². The first-order chi connectivity index (χ1) is 9.74. The second-order valence-corrected chi connectivity index (χ2v) is 6.34. The van der Waals surface area contributed by atoms with Gasteiger partial charge in [-0.3, -0.25) is 4.79 Å². The van der Waals surface area contributed by atoms with Crippen molar-refractivity contribution in [2.24, 2.45) is 5.73 Å². The molecule has 0 radical (unpaired) electrons. The highest BCUT2D eigenvalue weighted by atomic mass is 16.5. The van der Waals surface area contributed by atoms with Crippen LogP contribution in [0.4, 0.5) is 0 Å². The minimum Gasteiger partial charge on any atom is -0.490 e. The van der Waals surface area contributed by atoms with Crippen molar-refractivity contribution < 1.29 is 19.4 Å². The first-order valence-corrected chi connectivity index (χ1v) is 7.15. The van der Waals surface area contributed by atoms with Crippen molar-refractivity contribution in [3.63, 3.8) is 0 Å². The molecule has 1 aliphatic rings. The van der Waals surface area contributed by atoms with Gasteiger partial charge in [-0.25, -0.2) is 0 Å². The number of carboxylic acid groups (broad SMARTS) is 1. The van der Waals surface area contributed by atoms with Gasteiger partial charge in [0.1, 0.15) is 0 Å². The van der Waals surface area contributed by atoms with Gasteiger partial charge in [0, 0.05) is 17.4 Å². The molecule has 0 aliphatic carbocycles. The molecule has 5 nitrogen and oxygen atoms in total. The van der Waals surface area contributed by atoms with E-state index < -0.39 is 16.9 Å². The number of carbonyl (C=O) groups is 1. The van der Waals surface area contributed by atoms with Crippen molar-refractivity contribution in [1.82, 2.24) is 0 Å². The van der Waals surface area contributed by atoms with Crippen molar-refractivity contribution in [3.8, 4) is 11.5 Å². The highest BCUT2D eigenvalue weighted by Gasteiger charge is 2.42. The quantitative estimate of drug-likeness (QED) is 0.890. The van der Waals surface area contributed by atoms with E-state index in [1.54, 1.807) is 0 Å². The lowest BCUT2D eigenvalue weighted by atomic mass is 9.66. The maximum Gasteiger partial charge on any atom is 0.304 e. The Bertz CT molecular complexity index is 536. The Hall–Kier alpha value is -1.75. The van der Waals surface area contributed by atoms with Crippen LogP contribution >= 0.6 is 0 Å². The Morgan fingerprint density at radius 1 is 1.24 bits per heavy atom. The van der Waals surface area contributed by atoms with Crippen LogP contribution in [-0.4, -0.2) is 29.8 Å². The molecular formula is C16H23NO4. The van der Waals surface area contributed by atoms with Crippen LogP contribution in [-0.2, 0) is 10.2 Å². The van der Waals surface area contributed by atoms with Crippen LogP contribution in [0.1, 0.15) is 39.2 Å². The Labute approximate surface area is 125 Å². The van der Waals surface area contributed by atoms with Gasteiger partial charge in [-0.2, -0.15) is 0 Å². The molecule has 0 saturated carbocycles. The normalized spacial score (nSPS) is 17.7. The van der Waals surface area contributed by atoms with Crippen molar-refractivity contribution in [2.45, 2.75) is 44.6 Å². The molecule has 1 atom stereocenters. The highest BCUT2D eigenvalue weighted by Crippen LogP contribution is 2.41. The molecule has 1 heterocycles. The van der Waals surface area contributed by atoms with Crippen LogP contribution < -0.4 is 15.2 Å². The summed E-state index contributed by atoms with van der Waals surface area (Å²) in [6.07, 6.45) is 0.787. The van der Waals surface area contributed by atoms with E-state index in [-0.39, 0.29) is 6.42 Å². The number of hydrogen-bond donors (Lipinski definition) is 2. The standard InChI is InChI=1S/C16H23NO4/c1-15(2,17)16(3,10-14(18)19)11-5-6-12-13(9-11)21-8-4-7-20-12/h5-6,9H,4,7-8,10,17H2,1-3H3,(H,18,19). The molecule has 1 aromatic rings. The number of aliphatic carboxylic acids is 1. The third-order valence-corrected chi connectivity index (χ3v) is 4.31. The summed E-state index contributed by atoms with van der Waals surface area (Å²) in [6.45, 7) is 6.79. The van der Waals surface area contributed by atoms with Crippen LogP contribution in [0, 0.1) is 0 Å². The van der Waals surface area contributed by atoms with E-state index >= 15 is 0 Å². The minimum absolute atomic E-state index is 0.0455. The molecule has 5 heteroatoms. The van der Waals surface area contributed by atoms with E-state index in [0.717, 1.165) is 12.0 Å². The van der Waals surface area contributed by atoms with Gasteiger partial charge in [0.05, 0.1) is 19.6 Å². The summed E-state index contributed by atoms with van der Waals surface area (Å²) in [5.74, 6) is 0.484. The Morgan fingerprint density at radius 3 is 2.43 bits per heavy atom. The zero-order valence-corrected chi connectivity index (χ0v) is 12.8. The number of hydrogen-bond acceptors (Lipinski definition) is 4. The number of rotatable bonds is 4. The summed E-state index contributed by atoms with van der Waals surface area (Å²) < 4.78 is 11.3. The molecule has 0 saturated heterocycles. The molecule has 0 fully saturated rings. The van der Waals surface area contributed by atoms with Crippen molar-refractivity contribution in [1.29, 1.82) is 0 Å². The zero-order chi connectivity index (χ0) is 15.7. The van der Waals surface area contributed by atoms with E-state index in [1.165, 1.54) is 0 Å². The third kappa shape index (κ3) is 3.13. The van der Waals surface area contributed by atoms with Crippen molar-refractivity contribution in [3.05, 3.63) is 23.8 Å². The van der Waals surface area contributed by atoms with E-state index in [4.69, 9.17) is 15.2 Å². The molecule has 0 aromatic heterocycles. The van der Waals surface area contributed by atoms with Crippen molar-refractivity contribution >= 4 is 5.97 Å². The first kappa shape index (κ1) is 15.6. The topological polar surface area (TPSA) is 81.8 Å². The summed E-state index contributed by atoms with van der Waals surface area (Å²) in [4.78, 5) is 11.3. The number of carboxylic acids is 1. The maximum absolute atomic E-state index is 11.3. The van der Waals surface area contributed by atoms with Crippen molar-refractivity contribution in [2.75, 3.05) is 13.2 Å². The van der Waals surface area contributed by atoms with E-state index in [0.29, 0.717) is 24.7 Å². The molecular weight excluding hydrogens is 270 g/mol. The SMILES string of the molecule is CC(C)(N)C(C)(CC(=O)O)c1ccc2c(c1)OCCCO2. The van der Waals surface area contributed by atoms with Crippen LogP contribution in [0.5, 0.6) is 11.5 Å². The summed E-state index contributed by atoms with van der Waals surface area (Å²) in [7, 11) is 0. The molecule has 0 spiro atoms. The lowest BCUT2D eigenvalue weighted by molar-refractivity contribution is -0.139. The van der Waals surface area contributed by atoms with Gasteiger partial charge in [0.25, 0.3) is 0 Å². The molecule has 1 aliphatic heterocycles. The molecule has 116 valence electrons. The zero-order valence-electron chi connectivity index (χ0n) is 12.8. The molecule has 21 heavy (non-hydrogen) atoms. The van der Waals surface area contributed by atoms with E-state index in [9.17, 15) is 9.90 Å². The van der Waals surface area contributed by atoms with Gasteiger partial charge >= 0.3 is 5.97 Å². The fourth-order valence-corrected chi connectivity index (χ4v) is 2.51. The molecule has 1 aromatic carbocycles. The number of ether oxygens (including phenoxy) is 2. The fraction of sp³-hybridized carbons (Fsp3) is 0.562. The summed E-state index contributed by atoms with van der Waals surface area (Å²) in [5.41, 5.74) is 5.72. The van der Waals surface area contributed by atoms with Gasteiger partial charge < -0.3 is 20.3 Å². The molecule has 2 rings (SSSR count). The van der Waals surface area contributed by atoms with Gasteiger partial charge in [0.2, 0.25) is 0 Å². The van der Waals surface area contributed by atoms with Gasteiger partial charge in [-0.05, 0) is 31.5 Å². The lowest BCUT2D eigenvalue weighted by Gasteiger charge is -2.41. The maximum atomic E-state index is 11.3. The summed E-state index contributed by atoms with van der Waals surface area (Å²) >= 11 is 0. The summed E-state index contributed by atoms with van der Waals surface area (Å²) in [6, 6.07) is 5.57. The Kier molecular flexibility index (Phi) is 4.14. The van der Waals surface area contributed by atoms with Crippen LogP contribution in [0.15, 0.2) is 18.2 Å². The third-order valence-electron chi connectivity index (χ3n) is 4.31. The van der Waals surface area contributed by atoms with Gasteiger partial charge in [0.15, 0.2) is 11.5 Å². The Balaban J connectivity index is 2.46. The first-order valence-electron chi connectivity index (χ1n) is 7.15. The molecule has 3 N–H and O–H groups in total. The van der Waals surface area contributed by atoms with E-state index in [1.807, 2.05) is 39.0 Å². The second kappa shape index (κ2) is 5.56. The van der Waals surface area contributed by atoms with E-state index in [2.05, 4.69) is 0 Å². The number of nitrogens with two attached hydrogens (primary N) is 1. The fourth-order valence-electron chi connectivity index (χ4n) is 2.51. The lowest BCUT2D eigenvalue weighted by Crippen LogP contribution is -2.53. The molecule has 0 amide bonds. The largest absolute Gasteiger partial charge is 0.490 e. The minimum atomic E-state index is -0.872. The van der Waals surface area contributed by atoms with Crippen LogP contribution in [0.25, 0.3) is 0 Å². The molecule has 0 bridgehead atoms. The average Bonchev–Trinajstić information content (AvgIpc) is 2.60. The highest BCUT2D eigenvalue weighted by molar-refractivity contribution is 5.69. The smallest absolute Gasteiger partial charge is 0.304 e. The predicted octanol–water partition coefficient (Wildman–Crippen LogP) is 2.32. The monoisotopic (exact) mass is 293 g/mol. The van der Waals surface area contributed by atoms with Crippen LogP contribution in [0.2, 0.25) is 0 Å². The number of fused-ring (bicyclic) bond motifs is 1. The van der Waals surface area contributed by atoms with Gasteiger partial charge in [-0.1, -0.05) is 13.0 Å². The predicted molar refractivity (Wildman–Crippen MR) is 79.9 cm³/mol. The molecule has 1 unspecified atom stereocenters. The second-order valence-electron chi connectivity index (χ2n) is 6.34. The van der Waals surface area contributed by atoms with Crippen LogP contribution in [0.3, 0.4) is 0 Å². The average molecular weight is 293 g/mol. The Morgan fingerprint density at radius 2 is 1.86 bits per heavy atom. The summed E-state index contributed by atoms with van der Waals surface area (Å²) in [5, 5.41) is 9.25. The number of benzene rings is 1.